The van der Waals surface area contributed by atoms with Crippen LogP contribution >= 0.6 is 15.9 Å². The minimum Gasteiger partial charge on any atom is -0.437 e. The van der Waals surface area contributed by atoms with Crippen LogP contribution in [0.5, 0.6) is 11.6 Å². The Hall–Kier alpha value is -1.66. The first-order valence-corrected chi connectivity index (χ1v) is 6.97. The second-order valence-electron chi connectivity index (χ2n) is 5.34. The van der Waals surface area contributed by atoms with Gasteiger partial charge >= 0.3 is 0 Å². The lowest BCUT2D eigenvalue weighted by Gasteiger charge is -2.22. The fourth-order valence-electron chi connectivity index (χ4n) is 1.77. The third kappa shape index (κ3) is 3.26. The van der Waals surface area contributed by atoms with Crippen LogP contribution in [0.4, 0.5) is 5.95 Å². The molecule has 0 fully saturated rings. The van der Waals surface area contributed by atoms with Crippen molar-refractivity contribution in [2.75, 3.05) is 5.43 Å². The van der Waals surface area contributed by atoms with Crippen LogP contribution in [0.2, 0.25) is 0 Å². The first kappa shape index (κ1) is 14.7. The number of hydrogen-bond acceptors (Lipinski definition) is 5. The molecule has 2 aromatic rings. The van der Waals surface area contributed by atoms with Crippen molar-refractivity contribution >= 4 is 21.9 Å². The molecule has 6 heteroatoms. The van der Waals surface area contributed by atoms with Gasteiger partial charge < -0.3 is 4.74 Å². The van der Waals surface area contributed by atoms with E-state index in [1.54, 1.807) is 6.20 Å². The van der Waals surface area contributed by atoms with E-state index in [0.717, 1.165) is 11.3 Å². The number of halogens is 1. The first-order valence-electron chi connectivity index (χ1n) is 6.18. The van der Waals surface area contributed by atoms with Gasteiger partial charge in [-0.25, -0.2) is 10.8 Å². The van der Waals surface area contributed by atoms with E-state index >= 15 is 0 Å². The first-order chi connectivity index (χ1) is 9.41. The molecule has 0 aliphatic heterocycles. The van der Waals surface area contributed by atoms with Crippen molar-refractivity contribution in [3.8, 4) is 11.6 Å². The number of nitrogens with one attached hydrogen (secondary N) is 1. The number of anilines is 1. The summed E-state index contributed by atoms with van der Waals surface area (Å²) < 4.78 is 6.58. The van der Waals surface area contributed by atoms with Gasteiger partial charge in [-0.05, 0) is 27.4 Å². The number of benzene rings is 1. The Balaban J connectivity index is 2.40. The number of nitrogens with zero attached hydrogens (tertiary/aromatic N) is 2. The fourth-order valence-corrected chi connectivity index (χ4v) is 2.04. The second-order valence-corrected chi connectivity index (χ2v) is 6.19. The summed E-state index contributed by atoms with van der Waals surface area (Å²) in [4.78, 5) is 8.19. The smallest absolute Gasteiger partial charge is 0.240 e. The Kier molecular flexibility index (Phi) is 4.25. The van der Waals surface area contributed by atoms with Crippen LogP contribution < -0.4 is 16.0 Å². The van der Waals surface area contributed by atoms with E-state index in [0.29, 0.717) is 16.3 Å². The number of ether oxygens (including phenoxy) is 1. The standard InChI is InChI=1S/C14H17BrN4O/c1-14(2,3)9-6-4-5-7-11(9)20-12-10(15)8-17-13(18-12)19-16/h4-8H,16H2,1-3H3,(H,17,18,19). The highest BCUT2D eigenvalue weighted by Crippen LogP contribution is 2.35. The number of para-hydroxylation sites is 1. The van der Waals surface area contributed by atoms with E-state index in [-0.39, 0.29) is 5.41 Å². The van der Waals surface area contributed by atoms with Gasteiger partial charge in [-0.2, -0.15) is 4.98 Å². The number of nitrogen functional groups attached to an aromatic ring is 1. The van der Waals surface area contributed by atoms with Gasteiger partial charge in [0.05, 0.1) is 10.7 Å². The van der Waals surface area contributed by atoms with Gasteiger partial charge in [-0.1, -0.05) is 39.0 Å². The molecule has 106 valence electrons. The van der Waals surface area contributed by atoms with Gasteiger partial charge in [0.1, 0.15) is 5.75 Å². The molecule has 0 bridgehead atoms. The van der Waals surface area contributed by atoms with E-state index < -0.39 is 0 Å². The summed E-state index contributed by atoms with van der Waals surface area (Å²) in [5.41, 5.74) is 3.48. The van der Waals surface area contributed by atoms with Gasteiger partial charge in [0.2, 0.25) is 11.8 Å². The zero-order chi connectivity index (χ0) is 14.8. The molecule has 0 saturated carbocycles. The monoisotopic (exact) mass is 336 g/mol. The van der Waals surface area contributed by atoms with Crippen molar-refractivity contribution in [1.82, 2.24) is 9.97 Å². The molecule has 1 aromatic carbocycles. The van der Waals surface area contributed by atoms with Crippen molar-refractivity contribution in [2.45, 2.75) is 26.2 Å². The average molecular weight is 337 g/mol. The minimum atomic E-state index is -0.0228. The molecule has 2 rings (SSSR count). The lowest BCUT2D eigenvalue weighted by atomic mass is 9.86. The third-order valence-corrected chi connectivity index (χ3v) is 3.29. The summed E-state index contributed by atoms with van der Waals surface area (Å²) >= 11 is 3.37. The molecule has 20 heavy (non-hydrogen) atoms. The largest absolute Gasteiger partial charge is 0.437 e. The zero-order valence-electron chi connectivity index (χ0n) is 11.6. The summed E-state index contributed by atoms with van der Waals surface area (Å²) in [6.07, 6.45) is 1.59. The molecule has 0 saturated heterocycles. The summed E-state index contributed by atoms with van der Waals surface area (Å²) in [6, 6.07) is 7.90. The minimum absolute atomic E-state index is 0.0228. The Morgan fingerprint density at radius 3 is 2.60 bits per heavy atom. The summed E-state index contributed by atoms with van der Waals surface area (Å²) in [5.74, 6) is 6.80. The van der Waals surface area contributed by atoms with Crippen LogP contribution in [0.3, 0.4) is 0 Å². The molecule has 0 spiro atoms. The molecule has 1 aromatic heterocycles. The average Bonchev–Trinajstić information content (AvgIpc) is 2.41. The molecule has 1 heterocycles. The fraction of sp³-hybridized carbons (Fsp3) is 0.286. The van der Waals surface area contributed by atoms with E-state index in [9.17, 15) is 0 Å². The molecule has 0 unspecified atom stereocenters. The lowest BCUT2D eigenvalue weighted by molar-refractivity contribution is 0.436. The Morgan fingerprint density at radius 2 is 1.95 bits per heavy atom. The lowest BCUT2D eigenvalue weighted by Crippen LogP contribution is -2.13. The van der Waals surface area contributed by atoms with Gasteiger partial charge in [-0.3, -0.25) is 5.43 Å². The molecule has 5 nitrogen and oxygen atoms in total. The highest BCUT2D eigenvalue weighted by Gasteiger charge is 2.19. The van der Waals surface area contributed by atoms with E-state index in [1.807, 2.05) is 24.3 Å². The van der Waals surface area contributed by atoms with Crippen molar-refractivity contribution < 1.29 is 4.74 Å². The Bertz CT molecular complexity index is 610. The topological polar surface area (TPSA) is 73.1 Å². The number of rotatable bonds is 3. The third-order valence-electron chi connectivity index (χ3n) is 2.74. The van der Waals surface area contributed by atoms with Crippen LogP contribution in [0.15, 0.2) is 34.9 Å². The highest BCUT2D eigenvalue weighted by molar-refractivity contribution is 9.10. The summed E-state index contributed by atoms with van der Waals surface area (Å²) in [6.45, 7) is 6.41. The molecule has 0 aliphatic carbocycles. The van der Waals surface area contributed by atoms with Gasteiger partial charge in [0.25, 0.3) is 0 Å². The molecular weight excluding hydrogens is 320 g/mol. The van der Waals surface area contributed by atoms with E-state index in [2.05, 4.69) is 52.1 Å². The number of nitrogens with two attached hydrogens (primary N) is 1. The van der Waals surface area contributed by atoms with Crippen LogP contribution in [0.25, 0.3) is 0 Å². The molecule has 3 N–H and O–H groups in total. The van der Waals surface area contributed by atoms with Crippen molar-refractivity contribution in [2.24, 2.45) is 5.84 Å². The van der Waals surface area contributed by atoms with Crippen LogP contribution in [0.1, 0.15) is 26.3 Å². The van der Waals surface area contributed by atoms with E-state index in [4.69, 9.17) is 10.6 Å². The Morgan fingerprint density at radius 1 is 1.25 bits per heavy atom. The number of aromatic nitrogens is 2. The molecule has 0 radical (unpaired) electrons. The maximum absolute atomic E-state index is 5.92. The van der Waals surface area contributed by atoms with E-state index in [1.165, 1.54) is 0 Å². The quantitative estimate of drug-likeness (QED) is 0.661. The number of hydrazine groups is 1. The SMILES string of the molecule is CC(C)(C)c1ccccc1Oc1nc(NN)ncc1Br. The highest BCUT2D eigenvalue weighted by atomic mass is 79.9. The number of hydrogen-bond donors (Lipinski definition) is 2. The van der Waals surface area contributed by atoms with Gasteiger partial charge in [0.15, 0.2) is 0 Å². The Labute approximate surface area is 126 Å². The predicted molar refractivity (Wildman–Crippen MR) is 82.8 cm³/mol. The van der Waals surface area contributed by atoms with Gasteiger partial charge in [0, 0.05) is 5.56 Å². The van der Waals surface area contributed by atoms with Gasteiger partial charge in [-0.15, -0.1) is 0 Å². The summed E-state index contributed by atoms with van der Waals surface area (Å²) in [7, 11) is 0. The molecular formula is C14H17BrN4O. The van der Waals surface area contributed by atoms with Crippen molar-refractivity contribution in [3.63, 3.8) is 0 Å². The molecule has 0 atom stereocenters. The second kappa shape index (κ2) is 5.76. The molecule has 0 aliphatic rings. The maximum atomic E-state index is 5.92. The zero-order valence-corrected chi connectivity index (χ0v) is 13.2. The predicted octanol–water partition coefficient (Wildman–Crippen LogP) is 3.61. The van der Waals surface area contributed by atoms with Crippen LogP contribution in [0, 0.1) is 0 Å². The normalized spacial score (nSPS) is 11.2. The van der Waals surface area contributed by atoms with Crippen LogP contribution in [-0.2, 0) is 5.41 Å². The maximum Gasteiger partial charge on any atom is 0.240 e. The van der Waals surface area contributed by atoms with Crippen molar-refractivity contribution in [1.29, 1.82) is 0 Å². The van der Waals surface area contributed by atoms with Crippen molar-refractivity contribution in [3.05, 3.63) is 40.5 Å². The molecule has 0 amide bonds. The summed E-state index contributed by atoms with van der Waals surface area (Å²) in [5, 5.41) is 0. The van der Waals surface area contributed by atoms with Crippen LogP contribution in [-0.4, -0.2) is 9.97 Å².